The highest BCUT2D eigenvalue weighted by atomic mass is 79.9. The van der Waals surface area contributed by atoms with Crippen LogP contribution in [0.25, 0.3) is 0 Å². The van der Waals surface area contributed by atoms with Gasteiger partial charge in [-0.3, -0.25) is 4.79 Å². The molecule has 0 radical (unpaired) electrons. The fourth-order valence-electron chi connectivity index (χ4n) is 1.67. The van der Waals surface area contributed by atoms with Crippen LogP contribution < -0.4 is 0 Å². The first kappa shape index (κ1) is 14.3. The summed E-state index contributed by atoms with van der Waals surface area (Å²) >= 11 is 4.87. The molecule has 0 spiro atoms. The Hall–Kier alpha value is -1.13. The minimum atomic E-state index is -0.344. The summed E-state index contributed by atoms with van der Waals surface area (Å²) in [6, 6.07) is 10.8. The van der Waals surface area contributed by atoms with Gasteiger partial charge >= 0.3 is 0 Å². The number of carbonyl (C=O) groups is 1. The zero-order valence-corrected chi connectivity index (χ0v) is 12.9. The van der Waals surface area contributed by atoms with Gasteiger partial charge in [0.1, 0.15) is 5.82 Å². The van der Waals surface area contributed by atoms with E-state index in [1.54, 1.807) is 13.0 Å². The molecule has 0 heterocycles. The predicted octanol–water partition coefficient (Wildman–Crippen LogP) is 5.25. The van der Waals surface area contributed by atoms with Crippen molar-refractivity contribution in [2.24, 2.45) is 0 Å². The molecule has 0 amide bonds. The van der Waals surface area contributed by atoms with Crippen LogP contribution in [-0.4, -0.2) is 5.78 Å². The Kier molecular flexibility index (Phi) is 4.42. The fourth-order valence-corrected chi connectivity index (χ4v) is 3.36. The highest BCUT2D eigenvalue weighted by Gasteiger charge is 2.12. The third kappa shape index (κ3) is 3.45. The predicted molar refractivity (Wildman–Crippen MR) is 79.4 cm³/mol. The molecule has 2 aromatic rings. The molecule has 0 bridgehead atoms. The molecular formula is C15H12BrFOS. The Balaban J connectivity index is 2.44. The molecule has 0 saturated heterocycles. The first-order valence-electron chi connectivity index (χ1n) is 5.72. The second kappa shape index (κ2) is 5.88. The van der Waals surface area contributed by atoms with E-state index in [0.717, 1.165) is 14.3 Å². The summed E-state index contributed by atoms with van der Waals surface area (Å²) in [5.41, 5.74) is 0.968. The highest BCUT2D eigenvalue weighted by Crippen LogP contribution is 2.33. The van der Waals surface area contributed by atoms with Crippen LogP contribution in [0.15, 0.2) is 50.7 Å². The molecule has 0 atom stereocenters. The number of rotatable bonds is 3. The van der Waals surface area contributed by atoms with Crippen molar-refractivity contribution in [1.82, 2.24) is 0 Å². The van der Waals surface area contributed by atoms with Crippen LogP contribution in [0.4, 0.5) is 4.39 Å². The summed E-state index contributed by atoms with van der Waals surface area (Å²) in [6.45, 7) is 3.15. The molecular weight excluding hydrogens is 327 g/mol. The topological polar surface area (TPSA) is 17.1 Å². The SMILES string of the molecule is CC(=O)c1cc(F)c(C)cc1Sc1cccc(Br)c1. The van der Waals surface area contributed by atoms with E-state index in [4.69, 9.17) is 0 Å². The summed E-state index contributed by atoms with van der Waals surface area (Å²) in [5.74, 6) is -0.472. The van der Waals surface area contributed by atoms with Crippen molar-refractivity contribution in [3.63, 3.8) is 0 Å². The van der Waals surface area contributed by atoms with Crippen LogP contribution in [0, 0.1) is 12.7 Å². The number of aryl methyl sites for hydroxylation is 1. The van der Waals surface area contributed by atoms with E-state index in [1.165, 1.54) is 24.8 Å². The maximum atomic E-state index is 13.6. The molecule has 0 aliphatic rings. The van der Waals surface area contributed by atoms with Crippen LogP contribution >= 0.6 is 27.7 Å². The van der Waals surface area contributed by atoms with Crippen molar-refractivity contribution < 1.29 is 9.18 Å². The zero-order valence-electron chi connectivity index (χ0n) is 10.5. The zero-order chi connectivity index (χ0) is 14.0. The lowest BCUT2D eigenvalue weighted by atomic mass is 10.1. The maximum absolute atomic E-state index is 13.6. The summed E-state index contributed by atoms with van der Waals surface area (Å²) < 4.78 is 14.5. The highest BCUT2D eigenvalue weighted by molar-refractivity contribution is 9.10. The number of halogens is 2. The van der Waals surface area contributed by atoms with E-state index >= 15 is 0 Å². The Labute approximate surface area is 124 Å². The number of hydrogen-bond donors (Lipinski definition) is 0. The Morgan fingerprint density at radius 3 is 2.63 bits per heavy atom. The molecule has 0 aromatic heterocycles. The van der Waals surface area contributed by atoms with Gasteiger partial charge in [0.25, 0.3) is 0 Å². The van der Waals surface area contributed by atoms with Crippen molar-refractivity contribution in [2.45, 2.75) is 23.6 Å². The standard InChI is InChI=1S/C15H12BrFOS/c1-9-6-15(13(10(2)18)8-14(9)17)19-12-5-3-4-11(16)7-12/h3-8H,1-2H3. The van der Waals surface area contributed by atoms with Crippen LogP contribution in [0.5, 0.6) is 0 Å². The van der Waals surface area contributed by atoms with Crippen LogP contribution in [0.3, 0.4) is 0 Å². The first-order chi connectivity index (χ1) is 8.97. The number of carbonyl (C=O) groups excluding carboxylic acids is 1. The van der Waals surface area contributed by atoms with E-state index in [-0.39, 0.29) is 11.6 Å². The van der Waals surface area contributed by atoms with Crippen LogP contribution in [0.2, 0.25) is 0 Å². The lowest BCUT2D eigenvalue weighted by molar-refractivity contribution is 0.101. The van der Waals surface area contributed by atoms with Crippen LogP contribution in [-0.2, 0) is 0 Å². The molecule has 2 rings (SSSR count). The van der Waals surface area contributed by atoms with E-state index in [9.17, 15) is 9.18 Å². The van der Waals surface area contributed by atoms with Crippen LogP contribution in [0.1, 0.15) is 22.8 Å². The summed E-state index contributed by atoms with van der Waals surface area (Å²) in [5, 5.41) is 0. The van der Waals surface area contributed by atoms with Crippen molar-refractivity contribution in [3.05, 3.63) is 57.8 Å². The molecule has 19 heavy (non-hydrogen) atoms. The van der Waals surface area contributed by atoms with Gasteiger partial charge in [-0.2, -0.15) is 0 Å². The monoisotopic (exact) mass is 338 g/mol. The van der Waals surface area contributed by atoms with Crippen molar-refractivity contribution in [3.8, 4) is 0 Å². The lowest BCUT2D eigenvalue weighted by Crippen LogP contribution is -1.98. The maximum Gasteiger partial charge on any atom is 0.161 e. The molecule has 0 fully saturated rings. The summed E-state index contributed by atoms with van der Waals surface area (Å²) in [4.78, 5) is 13.4. The van der Waals surface area contributed by atoms with Crippen molar-refractivity contribution in [1.29, 1.82) is 0 Å². The first-order valence-corrected chi connectivity index (χ1v) is 7.33. The van der Waals surface area contributed by atoms with E-state index < -0.39 is 0 Å². The number of hydrogen-bond acceptors (Lipinski definition) is 2. The third-order valence-corrected chi connectivity index (χ3v) is 4.20. The molecule has 0 unspecified atom stereocenters. The second-order valence-electron chi connectivity index (χ2n) is 4.21. The molecule has 2 aromatic carbocycles. The van der Waals surface area contributed by atoms with Crippen molar-refractivity contribution in [2.75, 3.05) is 0 Å². The second-order valence-corrected chi connectivity index (χ2v) is 6.24. The van der Waals surface area contributed by atoms with E-state index in [2.05, 4.69) is 15.9 Å². The van der Waals surface area contributed by atoms with Gasteiger partial charge in [0.2, 0.25) is 0 Å². The van der Waals surface area contributed by atoms with E-state index in [1.807, 2.05) is 24.3 Å². The van der Waals surface area contributed by atoms with Gasteiger partial charge in [0.15, 0.2) is 5.78 Å². The number of benzene rings is 2. The molecule has 1 nitrogen and oxygen atoms in total. The molecule has 0 saturated carbocycles. The quantitative estimate of drug-likeness (QED) is 0.711. The smallest absolute Gasteiger partial charge is 0.161 e. The lowest BCUT2D eigenvalue weighted by Gasteiger charge is -2.09. The molecule has 0 aliphatic heterocycles. The fraction of sp³-hybridized carbons (Fsp3) is 0.133. The van der Waals surface area contributed by atoms with Crippen molar-refractivity contribution >= 4 is 33.5 Å². The van der Waals surface area contributed by atoms with Gasteiger partial charge in [-0.15, -0.1) is 0 Å². The molecule has 0 N–H and O–H groups in total. The average Bonchev–Trinajstić information content (AvgIpc) is 2.33. The molecule has 4 heteroatoms. The average molecular weight is 339 g/mol. The summed E-state index contributed by atoms with van der Waals surface area (Å²) in [6.07, 6.45) is 0. The Morgan fingerprint density at radius 1 is 1.26 bits per heavy atom. The molecule has 98 valence electrons. The molecule has 0 aliphatic carbocycles. The van der Waals surface area contributed by atoms with E-state index in [0.29, 0.717) is 11.1 Å². The van der Waals surface area contributed by atoms with Gasteiger partial charge in [-0.05, 0) is 49.7 Å². The van der Waals surface area contributed by atoms with Gasteiger partial charge in [0.05, 0.1) is 0 Å². The van der Waals surface area contributed by atoms with Gasteiger partial charge in [-0.1, -0.05) is 33.8 Å². The normalized spacial score (nSPS) is 10.5. The number of Topliss-reactive ketones (excluding diaryl/α,β-unsaturated/α-hetero) is 1. The van der Waals surface area contributed by atoms with Gasteiger partial charge in [-0.25, -0.2) is 4.39 Å². The Bertz CT molecular complexity index is 640. The van der Waals surface area contributed by atoms with Gasteiger partial charge in [0, 0.05) is 19.8 Å². The third-order valence-electron chi connectivity index (χ3n) is 2.66. The minimum absolute atomic E-state index is 0.128. The largest absolute Gasteiger partial charge is 0.294 e. The minimum Gasteiger partial charge on any atom is -0.294 e. The Morgan fingerprint density at radius 2 is 2.00 bits per heavy atom. The summed E-state index contributed by atoms with van der Waals surface area (Å²) in [7, 11) is 0. The number of ketones is 1. The van der Waals surface area contributed by atoms with Gasteiger partial charge < -0.3 is 0 Å².